The van der Waals surface area contributed by atoms with Crippen molar-refractivity contribution in [3.05, 3.63) is 28.2 Å². The third kappa shape index (κ3) is 3.43. The van der Waals surface area contributed by atoms with E-state index < -0.39 is 0 Å². The fourth-order valence-electron chi connectivity index (χ4n) is 2.32. The summed E-state index contributed by atoms with van der Waals surface area (Å²) in [6.07, 6.45) is 2.53. The molecule has 0 bridgehead atoms. The van der Waals surface area contributed by atoms with E-state index in [1.165, 1.54) is 17.1 Å². The van der Waals surface area contributed by atoms with Gasteiger partial charge in [0.15, 0.2) is 0 Å². The minimum absolute atomic E-state index is 0.336. The smallest absolute Gasteiger partial charge is 0.125 e. The van der Waals surface area contributed by atoms with Crippen molar-refractivity contribution in [1.29, 1.82) is 0 Å². The molecule has 0 aliphatic carbocycles. The molecule has 0 amide bonds. The highest BCUT2D eigenvalue weighted by atomic mass is 79.9. The second-order valence-electron chi connectivity index (χ2n) is 4.48. The number of rotatable bonds is 5. The van der Waals surface area contributed by atoms with Gasteiger partial charge in [0.2, 0.25) is 0 Å². The Morgan fingerprint density at radius 2 is 2.33 bits per heavy atom. The molecule has 2 rings (SSSR count). The molecule has 2 atom stereocenters. The van der Waals surface area contributed by atoms with E-state index in [-0.39, 0.29) is 0 Å². The summed E-state index contributed by atoms with van der Waals surface area (Å²) in [5.74, 6) is 3.40. The highest BCUT2D eigenvalue weighted by Crippen LogP contribution is 2.37. The Labute approximate surface area is 122 Å². The summed E-state index contributed by atoms with van der Waals surface area (Å²) < 4.78 is 7.19. The molecule has 18 heavy (non-hydrogen) atoms. The van der Waals surface area contributed by atoms with Gasteiger partial charge in [-0.1, -0.05) is 28.9 Å². The predicted molar refractivity (Wildman–Crippen MR) is 82.6 cm³/mol. The van der Waals surface area contributed by atoms with E-state index in [4.69, 9.17) is 4.74 Å². The molecular formula is C14H20BrNOS. The van der Waals surface area contributed by atoms with Crippen molar-refractivity contribution in [3.63, 3.8) is 0 Å². The van der Waals surface area contributed by atoms with Gasteiger partial charge in [-0.2, -0.15) is 11.8 Å². The maximum absolute atomic E-state index is 6.11. The standard InChI is InChI=1S/C14H20BrNOS/c1-3-18-7-6-11-9-13(16-2)12-5-4-10(15)8-14(12)17-11/h4-5,8,11,13,16H,3,6-7,9H2,1-2H3. The Morgan fingerprint density at radius 1 is 1.50 bits per heavy atom. The zero-order valence-electron chi connectivity index (χ0n) is 10.9. The van der Waals surface area contributed by atoms with Crippen LogP contribution in [0.3, 0.4) is 0 Å². The highest BCUT2D eigenvalue weighted by Gasteiger charge is 2.27. The summed E-state index contributed by atoms with van der Waals surface area (Å²) >= 11 is 5.50. The highest BCUT2D eigenvalue weighted by molar-refractivity contribution is 9.10. The van der Waals surface area contributed by atoms with Gasteiger partial charge in [-0.25, -0.2) is 0 Å². The number of thioether (sulfide) groups is 1. The van der Waals surface area contributed by atoms with Crippen LogP contribution in [0.25, 0.3) is 0 Å². The van der Waals surface area contributed by atoms with Gasteiger partial charge < -0.3 is 10.1 Å². The number of nitrogens with one attached hydrogen (secondary N) is 1. The van der Waals surface area contributed by atoms with Gasteiger partial charge >= 0.3 is 0 Å². The van der Waals surface area contributed by atoms with Gasteiger partial charge in [-0.15, -0.1) is 0 Å². The normalized spacial score (nSPS) is 22.4. The maximum Gasteiger partial charge on any atom is 0.125 e. The fourth-order valence-corrected chi connectivity index (χ4v) is 3.38. The number of benzene rings is 1. The van der Waals surface area contributed by atoms with Gasteiger partial charge in [-0.3, -0.25) is 0 Å². The minimum atomic E-state index is 0.336. The van der Waals surface area contributed by atoms with Crippen molar-refractivity contribution >= 4 is 27.7 Å². The zero-order chi connectivity index (χ0) is 13.0. The van der Waals surface area contributed by atoms with Gasteiger partial charge in [0.05, 0.1) is 0 Å². The molecule has 0 aromatic heterocycles. The Hall–Kier alpha value is -0.190. The van der Waals surface area contributed by atoms with Crippen LogP contribution in [0.5, 0.6) is 5.75 Å². The Kier molecular flexibility index (Phi) is 5.39. The van der Waals surface area contributed by atoms with Gasteiger partial charge in [0, 0.05) is 22.5 Å². The summed E-state index contributed by atoms with van der Waals surface area (Å²) in [6, 6.07) is 6.73. The molecule has 1 N–H and O–H groups in total. The molecule has 2 nitrogen and oxygen atoms in total. The second kappa shape index (κ2) is 6.83. The molecule has 0 spiro atoms. The summed E-state index contributed by atoms with van der Waals surface area (Å²) in [5, 5.41) is 3.40. The van der Waals surface area contributed by atoms with Crippen LogP contribution in [0.15, 0.2) is 22.7 Å². The summed E-state index contributed by atoms with van der Waals surface area (Å²) in [6.45, 7) is 2.20. The van der Waals surface area contributed by atoms with Gasteiger partial charge in [0.25, 0.3) is 0 Å². The van der Waals surface area contributed by atoms with Gasteiger partial charge in [-0.05, 0) is 37.1 Å². The lowest BCUT2D eigenvalue weighted by molar-refractivity contribution is 0.149. The largest absolute Gasteiger partial charge is 0.490 e. The SMILES string of the molecule is CCSCCC1CC(NC)c2ccc(Br)cc2O1. The van der Waals surface area contributed by atoms with E-state index in [9.17, 15) is 0 Å². The van der Waals surface area contributed by atoms with E-state index in [1.54, 1.807) is 0 Å². The zero-order valence-corrected chi connectivity index (χ0v) is 13.3. The maximum atomic E-state index is 6.11. The first kappa shape index (κ1) is 14.2. The van der Waals surface area contributed by atoms with Crippen molar-refractivity contribution < 1.29 is 4.74 Å². The number of halogens is 1. The van der Waals surface area contributed by atoms with Crippen molar-refractivity contribution in [2.24, 2.45) is 0 Å². The molecule has 2 unspecified atom stereocenters. The molecule has 1 heterocycles. The molecule has 1 aliphatic rings. The number of hydrogen-bond acceptors (Lipinski definition) is 3. The van der Waals surface area contributed by atoms with Crippen LogP contribution < -0.4 is 10.1 Å². The molecule has 0 saturated heterocycles. The van der Waals surface area contributed by atoms with Crippen LogP contribution in [0, 0.1) is 0 Å². The van der Waals surface area contributed by atoms with E-state index >= 15 is 0 Å². The first-order valence-corrected chi connectivity index (χ1v) is 8.40. The first-order valence-electron chi connectivity index (χ1n) is 6.45. The lowest BCUT2D eigenvalue weighted by atomic mass is 9.95. The predicted octanol–water partition coefficient (Wildman–Crippen LogP) is 4.00. The molecular weight excluding hydrogens is 310 g/mol. The molecule has 4 heteroatoms. The third-order valence-electron chi connectivity index (χ3n) is 3.28. The van der Waals surface area contributed by atoms with Crippen molar-refractivity contribution in [2.75, 3.05) is 18.6 Å². The first-order chi connectivity index (χ1) is 8.74. The monoisotopic (exact) mass is 329 g/mol. The van der Waals surface area contributed by atoms with Crippen LogP contribution >= 0.6 is 27.7 Å². The van der Waals surface area contributed by atoms with Crippen molar-refractivity contribution in [2.45, 2.75) is 31.9 Å². The third-order valence-corrected chi connectivity index (χ3v) is 4.71. The quantitative estimate of drug-likeness (QED) is 0.825. The molecule has 0 fully saturated rings. The average molecular weight is 330 g/mol. The number of ether oxygens (including phenoxy) is 1. The Morgan fingerprint density at radius 3 is 3.06 bits per heavy atom. The Bertz CT molecular complexity index is 399. The lowest BCUT2D eigenvalue weighted by Crippen LogP contribution is -2.31. The van der Waals surface area contributed by atoms with E-state index in [1.807, 2.05) is 18.8 Å². The second-order valence-corrected chi connectivity index (χ2v) is 6.79. The van der Waals surface area contributed by atoms with Crippen molar-refractivity contribution in [3.8, 4) is 5.75 Å². The van der Waals surface area contributed by atoms with Crippen LogP contribution in [-0.2, 0) is 0 Å². The topological polar surface area (TPSA) is 21.3 Å². The number of hydrogen-bond donors (Lipinski definition) is 1. The van der Waals surface area contributed by atoms with E-state index in [0.717, 1.165) is 23.1 Å². The van der Waals surface area contributed by atoms with E-state index in [2.05, 4.69) is 46.4 Å². The van der Waals surface area contributed by atoms with E-state index in [0.29, 0.717) is 12.1 Å². The molecule has 1 aromatic rings. The number of fused-ring (bicyclic) bond motifs is 1. The summed E-state index contributed by atoms with van der Waals surface area (Å²) in [5.41, 5.74) is 1.28. The van der Waals surface area contributed by atoms with Gasteiger partial charge in [0.1, 0.15) is 11.9 Å². The summed E-state index contributed by atoms with van der Waals surface area (Å²) in [7, 11) is 2.03. The minimum Gasteiger partial charge on any atom is -0.490 e. The van der Waals surface area contributed by atoms with Crippen LogP contribution in [0.1, 0.15) is 31.4 Å². The van der Waals surface area contributed by atoms with Crippen LogP contribution in [-0.4, -0.2) is 24.7 Å². The average Bonchev–Trinajstić information content (AvgIpc) is 2.37. The molecule has 0 radical (unpaired) electrons. The van der Waals surface area contributed by atoms with Crippen LogP contribution in [0.4, 0.5) is 0 Å². The molecule has 100 valence electrons. The Balaban J connectivity index is 2.08. The van der Waals surface area contributed by atoms with Crippen LogP contribution in [0.2, 0.25) is 0 Å². The lowest BCUT2D eigenvalue weighted by Gasteiger charge is -2.32. The molecule has 0 saturated carbocycles. The molecule has 1 aromatic carbocycles. The summed E-state index contributed by atoms with van der Waals surface area (Å²) in [4.78, 5) is 0. The van der Waals surface area contributed by atoms with Crippen molar-refractivity contribution in [1.82, 2.24) is 5.32 Å². The fraction of sp³-hybridized carbons (Fsp3) is 0.571. The molecule has 1 aliphatic heterocycles.